The van der Waals surface area contributed by atoms with Crippen LogP contribution < -0.4 is 5.32 Å². The lowest BCUT2D eigenvalue weighted by Gasteiger charge is -2.51. The van der Waals surface area contributed by atoms with Gasteiger partial charge in [0.05, 0.1) is 85.9 Å². The van der Waals surface area contributed by atoms with Gasteiger partial charge in [0.2, 0.25) is 5.91 Å². The number of ether oxygens (including phenoxy) is 25. The van der Waals surface area contributed by atoms with Gasteiger partial charge in [0.1, 0.15) is 317 Å². The van der Waals surface area contributed by atoms with Crippen molar-refractivity contribution in [2.75, 3.05) is 85.9 Å². The molecule has 65 atom stereocenters. The van der Waals surface area contributed by atoms with Gasteiger partial charge in [-0.05, 0) is 0 Å². The molecular weight excluding hydrogens is 2030 g/mol. The number of amides is 1. The predicted molar refractivity (Wildman–Crippen MR) is 439 cm³/mol. The second-order valence-corrected chi connectivity index (χ2v) is 37.3. The number of carbonyl (C=O) groups is 1. The summed E-state index contributed by atoms with van der Waals surface area (Å²) in [6.45, 7) is -14.5. The van der Waals surface area contributed by atoms with E-state index in [1.165, 1.54) is 0 Å². The van der Waals surface area contributed by atoms with E-state index in [1.807, 2.05) is 0 Å². The largest absolute Gasteiger partial charge is 0.394 e. The van der Waals surface area contributed by atoms with Gasteiger partial charge < -0.3 is 328 Å². The molecule has 147 heavy (non-hydrogen) atoms. The Labute approximate surface area is 828 Å². The van der Waals surface area contributed by atoms with Crippen LogP contribution in [0, 0.1) is 0 Å². The molecule has 0 aromatic heterocycles. The molecule has 0 radical (unpaired) electrons. The van der Waals surface area contributed by atoms with E-state index in [0.717, 1.165) is 6.92 Å². The van der Waals surface area contributed by atoms with Gasteiger partial charge in [-0.15, -0.1) is 0 Å². The van der Waals surface area contributed by atoms with Crippen LogP contribution in [-0.4, -0.2) is 695 Å². The Balaban J connectivity index is 0.878. The molecule has 0 bridgehead atoms. The topological polar surface area (TPSA) is 1070 Å². The van der Waals surface area contributed by atoms with Gasteiger partial charge in [-0.3, -0.25) is 4.79 Å². The fourth-order valence-corrected chi connectivity index (χ4v) is 18.8. The quantitative estimate of drug-likeness (QED) is 0.0273. The minimum atomic E-state index is -2.88. The van der Waals surface area contributed by atoms with Gasteiger partial charge in [0.25, 0.3) is 0 Å². The molecule has 0 aromatic rings. The second-order valence-electron chi connectivity index (χ2n) is 37.3. The van der Waals surface area contributed by atoms with Crippen LogP contribution in [-0.2, 0) is 123 Å². The second kappa shape index (κ2) is 52.6. The van der Waals surface area contributed by atoms with Gasteiger partial charge in [-0.25, -0.2) is 0 Å². The molecule has 67 heteroatoms. The summed E-state index contributed by atoms with van der Waals surface area (Å²) < 4.78 is 147. The van der Waals surface area contributed by atoms with E-state index in [2.05, 4.69) is 5.32 Å². The van der Waals surface area contributed by atoms with Crippen molar-refractivity contribution >= 4 is 5.91 Å². The summed E-state index contributed by atoms with van der Waals surface area (Å²) in [5.74, 6) is -0.961. The number of aliphatic hydroxyl groups excluding tert-OH is 40. The molecule has 13 rings (SSSR count). The monoisotopic (exact) mass is 2170 g/mol. The Kier molecular flexibility index (Phi) is 43.2. The van der Waals surface area contributed by atoms with E-state index >= 15 is 0 Å². The van der Waals surface area contributed by atoms with Crippen molar-refractivity contribution < 1.29 is 327 Å². The van der Waals surface area contributed by atoms with Crippen LogP contribution in [0.1, 0.15) is 6.92 Å². The number of carbonyl (C=O) groups excluding carboxylic acids is 1. The Morgan fingerprint density at radius 3 is 0.673 bits per heavy atom. The number of hydrogen-bond donors (Lipinski definition) is 41. The normalized spacial score (nSPS) is 52.9. The molecule has 0 spiro atoms. The Hall–Kier alpha value is -3.13. The third-order valence-electron chi connectivity index (χ3n) is 27.6. The fraction of sp³-hybridized carbons (Fsp3) is 0.988. The fourth-order valence-electron chi connectivity index (χ4n) is 18.8. The van der Waals surface area contributed by atoms with Gasteiger partial charge >= 0.3 is 0 Å². The summed E-state index contributed by atoms with van der Waals surface area (Å²) in [6, 6.07) is -1.93. The number of hydrogen-bond acceptors (Lipinski definition) is 66. The number of rotatable bonds is 38. The maximum atomic E-state index is 13.0. The molecule has 0 saturated carbocycles. The summed E-state index contributed by atoms with van der Waals surface area (Å²) in [5, 5.41) is 451. The van der Waals surface area contributed by atoms with Gasteiger partial charge in [0, 0.05) is 6.92 Å². The highest BCUT2D eigenvalue weighted by Crippen LogP contribution is 2.43. The van der Waals surface area contributed by atoms with E-state index in [4.69, 9.17) is 118 Å². The van der Waals surface area contributed by atoms with Crippen molar-refractivity contribution in [3.8, 4) is 0 Å². The molecule has 13 saturated heterocycles. The van der Waals surface area contributed by atoms with Crippen LogP contribution in [0.5, 0.6) is 0 Å². The summed E-state index contributed by atoms with van der Waals surface area (Å²) in [5.41, 5.74) is 0. The molecule has 0 aliphatic carbocycles. The number of nitrogens with one attached hydrogen (secondary N) is 1. The zero-order chi connectivity index (χ0) is 108. The highest BCUT2D eigenvalue weighted by molar-refractivity contribution is 5.73. The first kappa shape index (κ1) is 121. The Morgan fingerprint density at radius 2 is 0.361 bits per heavy atom. The summed E-state index contributed by atoms with van der Waals surface area (Å²) in [4.78, 5) is 12.6. The van der Waals surface area contributed by atoms with Crippen molar-refractivity contribution in [1.29, 1.82) is 0 Å². The van der Waals surface area contributed by atoms with Gasteiger partial charge in [-0.1, -0.05) is 0 Å². The average molecular weight is 2170 g/mol. The van der Waals surface area contributed by atoms with E-state index < -0.39 is 491 Å². The third-order valence-corrected chi connectivity index (χ3v) is 27.6. The van der Waals surface area contributed by atoms with Crippen LogP contribution in [0.25, 0.3) is 0 Å². The lowest BCUT2D eigenvalue weighted by molar-refractivity contribution is -0.413. The summed E-state index contributed by atoms with van der Waals surface area (Å²) in [7, 11) is 0. The molecule has 1 amide bonds. The molecule has 13 fully saturated rings. The first-order valence-corrected chi connectivity index (χ1v) is 46.7. The van der Waals surface area contributed by atoms with Gasteiger partial charge in [-0.2, -0.15) is 0 Å². The third kappa shape index (κ3) is 25.9. The van der Waals surface area contributed by atoms with Crippen molar-refractivity contribution in [1.82, 2.24) is 5.32 Å². The molecule has 13 heterocycles. The zero-order valence-electron chi connectivity index (χ0n) is 77.2. The van der Waals surface area contributed by atoms with Crippen LogP contribution in [0.4, 0.5) is 0 Å². The van der Waals surface area contributed by atoms with Crippen LogP contribution in [0.15, 0.2) is 0 Å². The first-order chi connectivity index (χ1) is 69.7. The lowest BCUT2D eigenvalue weighted by Crippen LogP contribution is -2.69. The minimum Gasteiger partial charge on any atom is -0.394 e. The lowest BCUT2D eigenvalue weighted by atomic mass is 9.94. The molecule has 13 aliphatic rings. The standard InChI is InChI=1S/C80H135NO66/c1-15(91)81-29-42(104)60(24(10-90)127-68(29)122)140-77-59(121)64(41(103)28(137-77)14-125-71-56(118)63(143-74-55(117)47(109)34(96)20(6-86)132-74)40(102)27(136-71)13-124-70-52(114)44(106)31(93)17(3-83)129-70)144-80-67(147-79-66(48(110)35(97)21(7-87)135-79)146-76-58(120)62(39(101)23(9-89)134-76)142-73-54(116)46(108)33(95)19(5-85)131-73)50(112)37(99)26(139-80)12-126-78-65(49(111)36(98)25(138-78)11-123-69-51(113)43(105)30(92)16(2-82)128-69)145-75-57(119)61(38(100)22(8-88)133-75)141-72-53(115)45(107)32(94)18(4-84)130-72/h16-80,82-90,92-122H,2-14H2,1H3,(H,81,91)/t16-,17-,18-,19-,20-,21-,22-,23-,24-,25-,26-,27-,28-,29-,30-,31-,32-,33-,34-,35-,36-,37-,38-,39-,40-,41-,42-,43+,44+,45+,46+,47+,48+,49+,50+,51+,52+,53+,54+,55+,56+,57+,58+,59+,60-,61+,62+,63+,64+,65+,66+,67+,68?,69+,70+,71+,72-,73-,74-,75-,76-,77+,78+,79-,80-/m1/s1. The van der Waals surface area contributed by atoms with E-state index in [0.29, 0.717) is 0 Å². The average Bonchev–Trinajstić information content (AvgIpc) is 0.679. The molecule has 856 valence electrons. The molecule has 13 aliphatic heterocycles. The van der Waals surface area contributed by atoms with Crippen LogP contribution in [0.3, 0.4) is 0 Å². The van der Waals surface area contributed by atoms with E-state index in [-0.39, 0.29) is 0 Å². The maximum Gasteiger partial charge on any atom is 0.217 e. The highest BCUT2D eigenvalue weighted by atomic mass is 16.8. The van der Waals surface area contributed by atoms with Crippen LogP contribution in [0.2, 0.25) is 0 Å². The van der Waals surface area contributed by atoms with Crippen molar-refractivity contribution in [3.63, 3.8) is 0 Å². The molecule has 1 unspecified atom stereocenters. The molecule has 0 aromatic carbocycles. The van der Waals surface area contributed by atoms with Crippen molar-refractivity contribution in [2.45, 2.75) is 406 Å². The predicted octanol–water partition coefficient (Wildman–Crippen LogP) is -29.2. The Bertz CT molecular complexity index is 3930. The smallest absolute Gasteiger partial charge is 0.217 e. The summed E-state index contributed by atoms with van der Waals surface area (Å²) in [6.07, 6.45) is -146. The molecule has 67 nitrogen and oxygen atoms in total. The van der Waals surface area contributed by atoms with Gasteiger partial charge in [0.15, 0.2) is 81.8 Å². The first-order valence-electron chi connectivity index (χ1n) is 46.7. The van der Waals surface area contributed by atoms with E-state index in [1.54, 1.807) is 0 Å². The van der Waals surface area contributed by atoms with Crippen LogP contribution >= 0.6 is 0 Å². The zero-order valence-corrected chi connectivity index (χ0v) is 77.2. The number of aliphatic hydroxyl groups is 40. The van der Waals surface area contributed by atoms with Crippen molar-refractivity contribution in [3.05, 3.63) is 0 Å². The summed E-state index contributed by atoms with van der Waals surface area (Å²) >= 11 is 0. The molecule has 41 N–H and O–H groups in total. The van der Waals surface area contributed by atoms with Crippen molar-refractivity contribution in [2.24, 2.45) is 0 Å². The molecular formula is C80H135NO66. The Morgan fingerprint density at radius 1 is 0.177 bits per heavy atom. The maximum absolute atomic E-state index is 13.0. The highest BCUT2D eigenvalue weighted by Gasteiger charge is 2.64. The minimum absolute atomic E-state index is 0.908. The SMILES string of the molecule is CC(=O)N[C@H]1C(O)O[C@H](CO)[C@@H](O[C@@H]2O[C@H](CO[C@H]3O[C@H](CO[C@H]4O[C@H](CO)[C@@H](O)[C@H](O)[C@@H]4O)[C@@H](O)[C@H](O[C@H]4O[C@H](CO)[C@@H](O)[C@H](O)[C@@H]4O)[C@@H]3O)[C@@H](O)[C@H](O[C@H]3O[C@H](CO[C@H]4O[C@H](CO[C@H]5O[C@H](CO)[C@@H](O)[C@H](O)[C@@H]5O)[C@@H](O)[C@H](O)[C@@H]4O[C@H]4O[C@H](CO)[C@@H](O)[C@H](O[C@H]5O[C@H](CO)[C@@H](O)[C@H](O)[C@@H]5O)[C@@H]4O)[C@@H](O)[C@H](O)[C@@H]3O[C@H]3O[C@H](CO)[C@@H](O)[C@H](O)[C@@H]3O[C@H]3O[C@H](CO)[C@@H](O)[C@H](O[C@H]4O[C@H](CO)[C@@H](O)[C@H](O)[C@@H]4O)[C@@H]3O)[C@@H]2O)[C@@H]1O. The van der Waals surface area contributed by atoms with E-state index in [9.17, 15) is 209 Å².